The van der Waals surface area contributed by atoms with E-state index in [1.807, 2.05) is 28.9 Å². The Morgan fingerprint density at radius 1 is 1.41 bits per heavy atom. The minimum atomic E-state index is -2.13. The van der Waals surface area contributed by atoms with Gasteiger partial charge in [-0.05, 0) is 43.9 Å². The number of nitrogens with two attached hydrogens (primary N) is 1. The molecule has 4 rings (SSSR count). The molecule has 0 saturated carbocycles. The Kier molecular flexibility index (Phi) is 6.48. The number of likely N-dealkylation sites (tertiary alicyclic amines) is 3. The summed E-state index contributed by atoms with van der Waals surface area (Å²) in [6, 6.07) is 7.74. The largest absolute Gasteiger partial charge is 0.330 e. The van der Waals surface area contributed by atoms with Crippen LogP contribution in [0.15, 0.2) is 24.3 Å². The van der Waals surface area contributed by atoms with Crippen LogP contribution in [0.3, 0.4) is 0 Å². The van der Waals surface area contributed by atoms with Crippen LogP contribution in [0.4, 0.5) is 5.69 Å². The minimum absolute atomic E-state index is 0.0307. The van der Waals surface area contributed by atoms with E-state index in [-0.39, 0.29) is 29.9 Å². The molecular formula is C21H28N6O4S. The average Bonchev–Trinajstić information content (AvgIpc) is 3.47. The second-order valence-corrected chi connectivity index (χ2v) is 9.38. The quantitative estimate of drug-likeness (QED) is 0.501. The normalized spacial score (nSPS) is 27.9. The first-order valence-corrected chi connectivity index (χ1v) is 11.9. The van der Waals surface area contributed by atoms with Crippen LogP contribution in [0.25, 0.3) is 0 Å². The molecule has 3 fully saturated rings. The fraction of sp³-hybridized carbons (Fsp3) is 0.571. The van der Waals surface area contributed by atoms with Crippen LogP contribution in [-0.4, -0.2) is 79.1 Å². The van der Waals surface area contributed by atoms with Crippen molar-refractivity contribution in [1.82, 2.24) is 14.7 Å². The van der Waals surface area contributed by atoms with E-state index in [0.29, 0.717) is 38.2 Å². The molecule has 1 aromatic rings. The van der Waals surface area contributed by atoms with Gasteiger partial charge in [0.15, 0.2) is 0 Å². The van der Waals surface area contributed by atoms with Crippen LogP contribution in [0.1, 0.15) is 37.8 Å². The molecule has 1 unspecified atom stereocenters. The summed E-state index contributed by atoms with van der Waals surface area (Å²) in [7, 11) is 0. The van der Waals surface area contributed by atoms with Gasteiger partial charge in [0.25, 0.3) is 11.3 Å². The summed E-state index contributed by atoms with van der Waals surface area (Å²) in [4.78, 5) is 31.3. The number of hydrogen-bond donors (Lipinski definition) is 3. The van der Waals surface area contributed by atoms with Gasteiger partial charge in [-0.15, -0.1) is 0 Å². The number of amides is 2. The van der Waals surface area contributed by atoms with Gasteiger partial charge in [-0.1, -0.05) is 12.1 Å². The highest BCUT2D eigenvalue weighted by atomic mass is 32.2. The zero-order valence-electron chi connectivity index (χ0n) is 17.9. The fourth-order valence-corrected chi connectivity index (χ4v) is 5.54. The Morgan fingerprint density at radius 2 is 2.12 bits per heavy atom. The number of carbonyl (C=O) groups is 2. The van der Waals surface area contributed by atoms with Crippen LogP contribution in [-0.2, 0) is 20.9 Å². The third kappa shape index (κ3) is 4.23. The smallest absolute Gasteiger partial charge is 0.259 e. The molecule has 10 nitrogen and oxygen atoms in total. The Balaban J connectivity index is 1.37. The first-order valence-electron chi connectivity index (χ1n) is 10.8. The van der Waals surface area contributed by atoms with E-state index in [9.17, 15) is 19.1 Å². The summed E-state index contributed by atoms with van der Waals surface area (Å²) in [5.74, 6) is -0.185. The molecule has 0 radical (unpaired) electrons. The molecule has 2 amide bonds. The van der Waals surface area contributed by atoms with E-state index in [1.54, 1.807) is 17.0 Å². The molecule has 0 spiro atoms. The molecule has 2 bridgehead atoms. The maximum absolute atomic E-state index is 13.1. The van der Waals surface area contributed by atoms with E-state index in [0.717, 1.165) is 12.0 Å². The molecule has 32 heavy (non-hydrogen) atoms. The Labute approximate surface area is 189 Å². The highest BCUT2D eigenvalue weighted by Gasteiger charge is 2.51. The third-order valence-corrected chi connectivity index (χ3v) is 7.17. The number of rotatable bonds is 7. The molecule has 11 heteroatoms. The van der Waals surface area contributed by atoms with Crippen LogP contribution < -0.4 is 10.5 Å². The lowest BCUT2D eigenvalue weighted by Gasteiger charge is -2.38. The van der Waals surface area contributed by atoms with Gasteiger partial charge in [0.05, 0.1) is 24.2 Å². The van der Waals surface area contributed by atoms with Crippen molar-refractivity contribution < 1.29 is 18.4 Å². The molecule has 0 aromatic heterocycles. The van der Waals surface area contributed by atoms with Crippen molar-refractivity contribution >= 4 is 28.8 Å². The zero-order valence-corrected chi connectivity index (χ0v) is 18.7. The predicted molar refractivity (Wildman–Crippen MR) is 118 cm³/mol. The average molecular weight is 461 g/mol. The van der Waals surface area contributed by atoms with Crippen molar-refractivity contribution in [1.29, 1.82) is 5.26 Å². The van der Waals surface area contributed by atoms with Crippen LogP contribution in [0, 0.1) is 11.3 Å². The lowest BCUT2D eigenvalue weighted by Crippen LogP contribution is -2.56. The molecule has 1 aromatic carbocycles. The number of nitriles is 1. The van der Waals surface area contributed by atoms with Gasteiger partial charge in [-0.2, -0.15) is 5.26 Å². The van der Waals surface area contributed by atoms with Gasteiger partial charge in [0, 0.05) is 31.4 Å². The van der Waals surface area contributed by atoms with E-state index in [1.165, 1.54) is 0 Å². The molecular weight excluding hydrogens is 432 g/mol. The number of nitrogens with one attached hydrogen (secondary N) is 1. The van der Waals surface area contributed by atoms with E-state index < -0.39 is 23.4 Å². The topological polar surface area (TPSA) is 143 Å². The highest BCUT2D eigenvalue weighted by Crippen LogP contribution is 2.38. The lowest BCUT2D eigenvalue weighted by atomic mass is 10.0. The number of nitrogens with zero attached hydrogens (tertiary/aromatic N) is 4. The molecule has 0 aliphatic carbocycles. The SMILES string of the molecule is C[C@H](c1ccc(NS(=O)O)cc1)N1C(=O)[C@@H]2C[C@H]1CN2C[C@H](N)C(=O)N1CCC[C@H]1C#N. The molecule has 172 valence electrons. The zero-order chi connectivity index (χ0) is 23.0. The maximum Gasteiger partial charge on any atom is 0.259 e. The maximum atomic E-state index is 13.1. The van der Waals surface area contributed by atoms with E-state index >= 15 is 0 Å². The molecule has 6 atom stereocenters. The molecule has 4 N–H and O–H groups in total. The molecule has 3 aliphatic heterocycles. The van der Waals surface area contributed by atoms with E-state index in [4.69, 9.17) is 10.3 Å². The first-order chi connectivity index (χ1) is 15.3. The standard InChI is InChI=1S/C21H28N6O4S/c1-13(14-4-6-15(7-5-14)24-32(30)31)27-17-9-19(21(27)29)25(11-17)12-18(23)20(28)26-8-2-3-16(26)10-22/h4-7,13,16-19,24H,2-3,8-9,11-12,23H2,1H3,(H,30,31)/t13-,16+,17+,18+,19+/m1/s1. The highest BCUT2D eigenvalue weighted by molar-refractivity contribution is 7.80. The Bertz CT molecular complexity index is 951. The van der Waals surface area contributed by atoms with Crippen molar-refractivity contribution in [2.45, 2.75) is 56.4 Å². The van der Waals surface area contributed by atoms with Crippen molar-refractivity contribution in [2.75, 3.05) is 24.4 Å². The van der Waals surface area contributed by atoms with Gasteiger partial charge >= 0.3 is 0 Å². The van der Waals surface area contributed by atoms with Crippen molar-refractivity contribution in [3.8, 4) is 6.07 Å². The third-order valence-electron chi connectivity index (χ3n) is 6.76. The first kappa shape index (κ1) is 22.7. The van der Waals surface area contributed by atoms with Gasteiger partial charge in [0.1, 0.15) is 6.04 Å². The lowest BCUT2D eigenvalue weighted by molar-refractivity contribution is -0.140. The second kappa shape index (κ2) is 9.15. The molecule has 3 aliphatic rings. The number of carbonyl (C=O) groups excluding carboxylic acids is 2. The molecule has 3 heterocycles. The van der Waals surface area contributed by atoms with Crippen LogP contribution >= 0.6 is 0 Å². The summed E-state index contributed by atoms with van der Waals surface area (Å²) in [5, 5.41) is 9.23. The Morgan fingerprint density at radius 3 is 2.75 bits per heavy atom. The summed E-state index contributed by atoms with van der Waals surface area (Å²) in [6.07, 6.45) is 2.20. The summed E-state index contributed by atoms with van der Waals surface area (Å²) in [6.45, 7) is 3.50. The number of piperazine rings is 1. The van der Waals surface area contributed by atoms with Crippen LogP contribution in [0.2, 0.25) is 0 Å². The van der Waals surface area contributed by atoms with Gasteiger partial charge < -0.3 is 15.5 Å². The van der Waals surface area contributed by atoms with Crippen molar-refractivity contribution in [3.05, 3.63) is 29.8 Å². The van der Waals surface area contributed by atoms with Gasteiger partial charge in [0.2, 0.25) is 11.8 Å². The van der Waals surface area contributed by atoms with Gasteiger partial charge in [-0.3, -0.25) is 23.8 Å². The van der Waals surface area contributed by atoms with E-state index in [2.05, 4.69) is 10.8 Å². The number of benzene rings is 1. The monoisotopic (exact) mass is 460 g/mol. The Hall–Kier alpha value is -2.52. The van der Waals surface area contributed by atoms with Gasteiger partial charge in [-0.25, -0.2) is 4.21 Å². The van der Waals surface area contributed by atoms with Crippen molar-refractivity contribution in [2.24, 2.45) is 5.73 Å². The second-order valence-electron chi connectivity index (χ2n) is 8.68. The van der Waals surface area contributed by atoms with Crippen molar-refractivity contribution in [3.63, 3.8) is 0 Å². The number of fused-ring (bicyclic) bond motifs is 2. The summed E-state index contributed by atoms with van der Waals surface area (Å²) in [5.41, 5.74) is 7.66. The summed E-state index contributed by atoms with van der Waals surface area (Å²) >= 11 is -2.13. The number of anilines is 1. The molecule has 3 saturated heterocycles. The minimum Gasteiger partial charge on any atom is -0.330 e. The summed E-state index contributed by atoms with van der Waals surface area (Å²) < 4.78 is 22.2. The predicted octanol–water partition coefficient (Wildman–Crippen LogP) is 0.423. The fourth-order valence-electron chi connectivity index (χ4n) is 5.20. The number of hydrogen-bond acceptors (Lipinski definition) is 6. The van der Waals surface area contributed by atoms with Crippen LogP contribution in [0.5, 0.6) is 0 Å².